The van der Waals surface area contributed by atoms with Crippen LogP contribution in [0.3, 0.4) is 0 Å². The summed E-state index contributed by atoms with van der Waals surface area (Å²) in [5.74, 6) is -0.959. The number of carbonyl (C=O) groups excluding carboxylic acids is 2. The topological polar surface area (TPSA) is 104 Å². The Morgan fingerprint density at radius 3 is 2.81 bits per heavy atom. The van der Waals surface area contributed by atoms with Gasteiger partial charge in [0.2, 0.25) is 11.9 Å². The number of benzene rings is 1. The summed E-state index contributed by atoms with van der Waals surface area (Å²) in [6.45, 7) is 0.215. The summed E-state index contributed by atoms with van der Waals surface area (Å²) in [7, 11) is 0. The SMILES string of the molecule is O=C(CN1CC2(CC2)c2cc(Br)ccc2C1=O)Nc1ncc2c(C(F)(F)F)n[nH]c2n1. The fraction of sp³-hybridized carbons (Fsp3) is 0.316. The van der Waals surface area contributed by atoms with E-state index in [0.717, 1.165) is 29.1 Å². The third-order valence-corrected chi connectivity index (χ3v) is 6.08. The zero-order chi connectivity index (χ0) is 22.0. The third-order valence-electron chi connectivity index (χ3n) is 5.59. The van der Waals surface area contributed by atoms with E-state index in [-0.39, 0.29) is 34.8 Å². The van der Waals surface area contributed by atoms with Crippen LogP contribution in [0.4, 0.5) is 19.1 Å². The number of rotatable bonds is 3. The Kier molecular flexibility index (Phi) is 4.33. The van der Waals surface area contributed by atoms with Crippen molar-refractivity contribution in [1.29, 1.82) is 0 Å². The number of hydrogen-bond donors (Lipinski definition) is 2. The summed E-state index contributed by atoms with van der Waals surface area (Å²) in [6, 6.07) is 5.50. The molecule has 0 radical (unpaired) electrons. The zero-order valence-corrected chi connectivity index (χ0v) is 17.3. The number of aromatic nitrogens is 4. The van der Waals surface area contributed by atoms with E-state index in [2.05, 4.69) is 41.4 Å². The molecule has 0 unspecified atom stereocenters. The highest BCUT2D eigenvalue weighted by molar-refractivity contribution is 9.10. The summed E-state index contributed by atoms with van der Waals surface area (Å²) in [4.78, 5) is 34.5. The number of hydrogen-bond acceptors (Lipinski definition) is 5. The Balaban J connectivity index is 1.33. The Morgan fingerprint density at radius 1 is 1.32 bits per heavy atom. The number of halogens is 4. The maximum absolute atomic E-state index is 12.9. The predicted molar refractivity (Wildman–Crippen MR) is 106 cm³/mol. The summed E-state index contributed by atoms with van der Waals surface area (Å²) >= 11 is 3.44. The Morgan fingerprint density at radius 2 is 2.10 bits per heavy atom. The van der Waals surface area contributed by atoms with Crippen molar-refractivity contribution in [3.05, 3.63) is 45.7 Å². The van der Waals surface area contributed by atoms with E-state index in [1.54, 1.807) is 12.1 Å². The number of nitrogens with one attached hydrogen (secondary N) is 2. The molecule has 2 aliphatic rings. The Labute approximate surface area is 181 Å². The lowest BCUT2D eigenvalue weighted by molar-refractivity contribution is -0.140. The van der Waals surface area contributed by atoms with Crippen LogP contribution in [0.15, 0.2) is 28.9 Å². The smallest absolute Gasteiger partial charge is 0.328 e. The van der Waals surface area contributed by atoms with Crippen LogP contribution in [0, 0.1) is 0 Å². The number of fused-ring (bicyclic) bond motifs is 3. The number of H-pyrrole nitrogens is 1. The fourth-order valence-corrected chi connectivity index (χ4v) is 4.32. The first-order valence-electron chi connectivity index (χ1n) is 9.34. The molecule has 8 nitrogen and oxygen atoms in total. The third kappa shape index (κ3) is 3.44. The normalized spacial score (nSPS) is 17.2. The molecule has 1 aliphatic heterocycles. The minimum absolute atomic E-state index is 0.132. The molecule has 12 heteroatoms. The molecule has 1 saturated carbocycles. The molecular formula is C19H14BrF3N6O2. The Bertz CT molecular complexity index is 1240. The van der Waals surface area contributed by atoms with Crippen molar-refractivity contribution in [1.82, 2.24) is 25.1 Å². The van der Waals surface area contributed by atoms with E-state index in [1.807, 2.05) is 6.07 Å². The summed E-state index contributed by atoms with van der Waals surface area (Å²) < 4.78 is 39.6. The van der Waals surface area contributed by atoms with Gasteiger partial charge < -0.3 is 4.90 Å². The lowest BCUT2D eigenvalue weighted by atomic mass is 9.86. The largest absolute Gasteiger partial charge is 0.435 e. The van der Waals surface area contributed by atoms with Crippen molar-refractivity contribution >= 4 is 44.7 Å². The van der Waals surface area contributed by atoms with Crippen LogP contribution >= 0.6 is 15.9 Å². The first kappa shape index (κ1) is 19.9. The molecule has 1 aromatic carbocycles. The standard InChI is InChI=1S/C19H14BrF3N6O2/c20-9-1-2-10-12(5-9)18(3-4-18)8-29(16(10)31)7-13(30)25-17-24-6-11-14(19(21,22)23)27-28-15(11)26-17/h1-2,5-6H,3-4,7-8H2,(H2,24,25,26,27,28,30). The summed E-state index contributed by atoms with van der Waals surface area (Å²) in [5, 5.41) is 7.55. The number of nitrogens with zero attached hydrogens (tertiary/aromatic N) is 4. The second-order valence-corrected chi connectivity index (χ2v) is 8.62. The van der Waals surface area contributed by atoms with E-state index in [9.17, 15) is 22.8 Å². The second-order valence-electron chi connectivity index (χ2n) is 7.71. The number of amides is 2. The number of aromatic amines is 1. The second kappa shape index (κ2) is 6.74. The van der Waals surface area contributed by atoms with Crippen LogP contribution < -0.4 is 5.32 Å². The molecule has 0 bridgehead atoms. The highest BCUT2D eigenvalue weighted by atomic mass is 79.9. The maximum atomic E-state index is 12.9. The molecule has 2 aromatic heterocycles. The van der Waals surface area contributed by atoms with Gasteiger partial charge in [0.1, 0.15) is 6.54 Å². The van der Waals surface area contributed by atoms with E-state index in [1.165, 1.54) is 4.90 Å². The van der Waals surface area contributed by atoms with Crippen LogP contribution in [0.1, 0.15) is 34.5 Å². The van der Waals surface area contributed by atoms with Gasteiger partial charge >= 0.3 is 6.18 Å². The van der Waals surface area contributed by atoms with Gasteiger partial charge in [-0.1, -0.05) is 15.9 Å². The summed E-state index contributed by atoms with van der Waals surface area (Å²) in [6.07, 6.45) is -1.83. The van der Waals surface area contributed by atoms with Gasteiger partial charge in [0.05, 0.1) is 5.39 Å². The molecule has 160 valence electrons. The molecule has 0 atom stereocenters. The van der Waals surface area contributed by atoms with Gasteiger partial charge in [-0.3, -0.25) is 20.0 Å². The molecule has 3 aromatic rings. The van der Waals surface area contributed by atoms with Gasteiger partial charge in [0, 0.05) is 28.2 Å². The van der Waals surface area contributed by atoms with Crippen molar-refractivity contribution in [2.45, 2.75) is 24.4 Å². The first-order valence-corrected chi connectivity index (χ1v) is 10.1. The molecule has 1 aliphatic carbocycles. The molecular weight excluding hydrogens is 481 g/mol. The predicted octanol–water partition coefficient (Wildman–Crippen LogP) is 3.26. The molecule has 5 rings (SSSR count). The summed E-state index contributed by atoms with van der Waals surface area (Å²) in [5.41, 5.74) is 0.168. The van der Waals surface area contributed by atoms with Crippen LogP contribution in [0.25, 0.3) is 11.0 Å². The van der Waals surface area contributed by atoms with Crippen molar-refractivity contribution < 1.29 is 22.8 Å². The van der Waals surface area contributed by atoms with Gasteiger partial charge in [-0.15, -0.1) is 0 Å². The van der Waals surface area contributed by atoms with Crippen LogP contribution in [-0.2, 0) is 16.4 Å². The van der Waals surface area contributed by atoms with E-state index in [4.69, 9.17) is 0 Å². The van der Waals surface area contributed by atoms with Crippen molar-refractivity contribution in [2.24, 2.45) is 0 Å². The van der Waals surface area contributed by atoms with Gasteiger partial charge in [0.15, 0.2) is 11.3 Å². The van der Waals surface area contributed by atoms with Crippen LogP contribution in [0.2, 0.25) is 0 Å². The van der Waals surface area contributed by atoms with Gasteiger partial charge in [-0.2, -0.15) is 23.3 Å². The number of anilines is 1. The minimum Gasteiger partial charge on any atom is -0.328 e. The van der Waals surface area contributed by atoms with Gasteiger partial charge in [-0.05, 0) is 36.6 Å². The van der Waals surface area contributed by atoms with E-state index < -0.39 is 17.8 Å². The number of alkyl halides is 3. The molecule has 2 N–H and O–H groups in total. The first-order chi connectivity index (χ1) is 14.7. The van der Waals surface area contributed by atoms with Crippen LogP contribution in [-0.4, -0.2) is 50.0 Å². The van der Waals surface area contributed by atoms with Gasteiger partial charge in [-0.25, -0.2) is 4.98 Å². The van der Waals surface area contributed by atoms with Crippen molar-refractivity contribution in [2.75, 3.05) is 18.4 Å². The lowest BCUT2D eigenvalue weighted by Gasteiger charge is -2.34. The molecule has 0 saturated heterocycles. The number of carbonyl (C=O) groups is 2. The van der Waals surface area contributed by atoms with E-state index in [0.29, 0.717) is 12.1 Å². The minimum atomic E-state index is -4.65. The highest BCUT2D eigenvalue weighted by Crippen LogP contribution is 2.52. The highest BCUT2D eigenvalue weighted by Gasteiger charge is 2.51. The molecule has 1 spiro atoms. The van der Waals surface area contributed by atoms with Crippen LogP contribution in [0.5, 0.6) is 0 Å². The van der Waals surface area contributed by atoms with Crippen molar-refractivity contribution in [3.8, 4) is 0 Å². The maximum Gasteiger partial charge on any atom is 0.435 e. The fourth-order valence-electron chi connectivity index (χ4n) is 3.96. The molecule has 3 heterocycles. The monoisotopic (exact) mass is 494 g/mol. The Hall–Kier alpha value is -3.02. The average Bonchev–Trinajstić information content (AvgIpc) is 3.33. The molecule has 1 fully saturated rings. The quantitative estimate of drug-likeness (QED) is 0.581. The van der Waals surface area contributed by atoms with Crippen molar-refractivity contribution in [3.63, 3.8) is 0 Å². The van der Waals surface area contributed by atoms with Gasteiger partial charge in [0.25, 0.3) is 5.91 Å². The zero-order valence-electron chi connectivity index (χ0n) is 15.8. The average molecular weight is 495 g/mol. The molecule has 2 amide bonds. The molecule has 31 heavy (non-hydrogen) atoms. The lowest BCUT2D eigenvalue weighted by Crippen LogP contribution is -2.46. The van der Waals surface area contributed by atoms with E-state index >= 15 is 0 Å².